The number of nitro benzene ring substituents is 1. The van der Waals surface area contributed by atoms with Crippen LogP contribution in [0.4, 0.5) is 15.8 Å². The molecule has 1 unspecified atom stereocenters. The van der Waals surface area contributed by atoms with E-state index in [0.29, 0.717) is 16.7 Å². The summed E-state index contributed by atoms with van der Waals surface area (Å²) in [6.07, 6.45) is 0.265. The van der Waals surface area contributed by atoms with E-state index in [2.05, 4.69) is 10.4 Å². The second-order valence-electron chi connectivity index (χ2n) is 8.30. The van der Waals surface area contributed by atoms with Crippen molar-refractivity contribution in [1.82, 2.24) is 14.8 Å². The van der Waals surface area contributed by atoms with Crippen LogP contribution < -0.4 is 5.32 Å². The van der Waals surface area contributed by atoms with E-state index in [1.165, 1.54) is 19.2 Å². The molecular formula is C25H22FN5O5. The Hall–Kier alpha value is -4.67. The lowest BCUT2D eigenvalue weighted by molar-refractivity contribution is -0.387. The monoisotopic (exact) mass is 491 g/mol. The fourth-order valence-corrected chi connectivity index (χ4v) is 3.57. The lowest BCUT2D eigenvalue weighted by Crippen LogP contribution is -2.30. The highest BCUT2D eigenvalue weighted by atomic mass is 19.1. The molecule has 4 aromatic rings. The minimum Gasteiger partial charge on any atom is -0.449 e. The summed E-state index contributed by atoms with van der Waals surface area (Å²) in [5, 5.41) is 18.2. The van der Waals surface area contributed by atoms with Crippen LogP contribution in [0.15, 0.2) is 60.8 Å². The summed E-state index contributed by atoms with van der Waals surface area (Å²) in [7, 11) is 0. The van der Waals surface area contributed by atoms with E-state index < -0.39 is 34.4 Å². The Morgan fingerprint density at radius 2 is 1.83 bits per heavy atom. The Morgan fingerprint density at radius 1 is 1.11 bits per heavy atom. The van der Waals surface area contributed by atoms with Gasteiger partial charge < -0.3 is 10.1 Å². The Kier molecular flexibility index (Phi) is 6.73. The van der Waals surface area contributed by atoms with E-state index in [1.807, 2.05) is 44.2 Å². The smallest absolute Gasteiger partial charge is 0.339 e. The molecule has 2 aromatic carbocycles. The predicted octanol–water partition coefficient (Wildman–Crippen LogP) is 4.91. The number of carbonyl (C=O) groups excluding carboxylic acids is 2. The number of anilines is 1. The molecule has 10 nitrogen and oxygen atoms in total. The lowest BCUT2D eigenvalue weighted by atomic mass is 10.1. The number of ether oxygens (including phenoxy) is 1. The van der Waals surface area contributed by atoms with Crippen LogP contribution in [-0.2, 0) is 9.53 Å². The van der Waals surface area contributed by atoms with Gasteiger partial charge in [0.1, 0.15) is 0 Å². The molecule has 0 bridgehead atoms. The van der Waals surface area contributed by atoms with Crippen molar-refractivity contribution < 1.29 is 23.6 Å². The maximum Gasteiger partial charge on any atom is 0.339 e. The van der Waals surface area contributed by atoms with Crippen molar-refractivity contribution in [2.45, 2.75) is 32.9 Å². The molecule has 0 fully saturated rings. The van der Waals surface area contributed by atoms with Crippen LogP contribution in [0.5, 0.6) is 0 Å². The molecular weight excluding hydrogens is 469 g/mol. The number of aromatic nitrogens is 3. The van der Waals surface area contributed by atoms with Crippen LogP contribution in [0.1, 0.15) is 37.2 Å². The molecule has 184 valence electrons. The number of nitrogens with one attached hydrogen (secondary N) is 1. The van der Waals surface area contributed by atoms with Gasteiger partial charge in [-0.05, 0) is 39.0 Å². The Balaban J connectivity index is 1.62. The maximum absolute atomic E-state index is 13.6. The van der Waals surface area contributed by atoms with Crippen molar-refractivity contribution in [2.75, 3.05) is 5.32 Å². The average Bonchev–Trinajstić information content (AvgIpc) is 3.29. The van der Waals surface area contributed by atoms with Crippen LogP contribution in [0, 0.1) is 15.9 Å². The number of hydrogen-bond donors (Lipinski definition) is 1. The molecule has 1 N–H and O–H groups in total. The highest BCUT2D eigenvalue weighted by Crippen LogP contribution is 2.27. The third kappa shape index (κ3) is 4.90. The highest BCUT2D eigenvalue weighted by Gasteiger charge is 2.24. The third-order valence-corrected chi connectivity index (χ3v) is 5.41. The van der Waals surface area contributed by atoms with Gasteiger partial charge >= 0.3 is 11.7 Å². The second kappa shape index (κ2) is 9.90. The number of amides is 1. The average molecular weight is 491 g/mol. The van der Waals surface area contributed by atoms with Gasteiger partial charge in [0, 0.05) is 23.4 Å². The van der Waals surface area contributed by atoms with Gasteiger partial charge in [0.2, 0.25) is 5.82 Å². The fourth-order valence-electron chi connectivity index (χ4n) is 3.57. The van der Waals surface area contributed by atoms with Crippen molar-refractivity contribution in [3.8, 4) is 11.3 Å². The molecule has 0 saturated carbocycles. The molecule has 11 heteroatoms. The summed E-state index contributed by atoms with van der Waals surface area (Å²) in [5.74, 6) is -2.54. The molecule has 0 saturated heterocycles. The first-order valence-electron chi connectivity index (χ1n) is 11.0. The van der Waals surface area contributed by atoms with Crippen LogP contribution in [0.3, 0.4) is 0 Å². The number of halogens is 1. The van der Waals surface area contributed by atoms with Gasteiger partial charge in [-0.25, -0.2) is 14.5 Å². The molecule has 0 aliphatic heterocycles. The van der Waals surface area contributed by atoms with Crippen LogP contribution >= 0.6 is 0 Å². The summed E-state index contributed by atoms with van der Waals surface area (Å²) in [6, 6.07) is 13.8. The molecule has 36 heavy (non-hydrogen) atoms. The molecule has 2 heterocycles. The van der Waals surface area contributed by atoms with E-state index in [1.54, 1.807) is 10.7 Å². The highest BCUT2D eigenvalue weighted by molar-refractivity contribution is 6.05. The summed E-state index contributed by atoms with van der Waals surface area (Å²) in [6.45, 7) is 5.24. The van der Waals surface area contributed by atoms with Gasteiger partial charge in [-0.1, -0.05) is 30.3 Å². The largest absolute Gasteiger partial charge is 0.449 e. The molecule has 1 amide bonds. The number of fused-ring (bicyclic) bond motifs is 1. The minimum absolute atomic E-state index is 0.00752. The molecule has 2 aromatic heterocycles. The standard InChI is InChI=1S/C25H22FN5O5/c1-14(2)30-23-19(13-27-30)18(12-21(29-23)16-7-5-4-6-8-16)25(33)36-15(3)24(32)28-17-9-10-20(26)22(11-17)31(34)35/h4-15H,1-3H3,(H,28,32). The number of carbonyl (C=O) groups is 2. The zero-order valence-corrected chi connectivity index (χ0v) is 19.6. The van der Waals surface area contributed by atoms with E-state index >= 15 is 0 Å². The fraction of sp³-hybridized carbons (Fsp3) is 0.200. The molecule has 0 spiro atoms. The van der Waals surface area contributed by atoms with Crippen molar-refractivity contribution >= 4 is 34.3 Å². The zero-order chi connectivity index (χ0) is 26.0. The van der Waals surface area contributed by atoms with Crippen molar-refractivity contribution in [2.24, 2.45) is 0 Å². The first-order valence-corrected chi connectivity index (χ1v) is 11.0. The van der Waals surface area contributed by atoms with Crippen molar-refractivity contribution in [3.63, 3.8) is 0 Å². The summed E-state index contributed by atoms with van der Waals surface area (Å²) < 4.78 is 20.7. The van der Waals surface area contributed by atoms with Gasteiger partial charge in [0.15, 0.2) is 11.8 Å². The lowest BCUT2D eigenvalue weighted by Gasteiger charge is -2.15. The van der Waals surface area contributed by atoms with Gasteiger partial charge in [-0.2, -0.15) is 9.49 Å². The number of esters is 1. The first kappa shape index (κ1) is 24.5. The number of nitro groups is 1. The van der Waals surface area contributed by atoms with Gasteiger partial charge in [0.25, 0.3) is 5.91 Å². The van der Waals surface area contributed by atoms with Gasteiger partial charge in [-0.15, -0.1) is 0 Å². The quantitative estimate of drug-likeness (QED) is 0.221. The van der Waals surface area contributed by atoms with E-state index in [-0.39, 0.29) is 17.3 Å². The molecule has 0 radical (unpaired) electrons. The predicted molar refractivity (Wildman–Crippen MR) is 130 cm³/mol. The second-order valence-corrected chi connectivity index (χ2v) is 8.30. The number of nitrogens with zero attached hydrogens (tertiary/aromatic N) is 4. The number of hydrogen-bond acceptors (Lipinski definition) is 7. The Labute approximate surface area is 204 Å². The minimum atomic E-state index is -1.26. The van der Waals surface area contributed by atoms with Gasteiger partial charge in [0.05, 0.1) is 27.8 Å². The maximum atomic E-state index is 13.6. The normalized spacial score (nSPS) is 11.9. The van der Waals surface area contributed by atoms with Crippen LogP contribution in [0.2, 0.25) is 0 Å². The first-order chi connectivity index (χ1) is 17.2. The Morgan fingerprint density at radius 3 is 2.50 bits per heavy atom. The number of rotatable bonds is 7. The topological polar surface area (TPSA) is 129 Å². The van der Waals surface area contributed by atoms with Crippen molar-refractivity contribution in [1.29, 1.82) is 0 Å². The number of pyridine rings is 1. The molecule has 0 aliphatic carbocycles. The molecule has 0 aliphatic rings. The van der Waals surface area contributed by atoms with E-state index in [4.69, 9.17) is 9.72 Å². The summed E-state index contributed by atoms with van der Waals surface area (Å²) in [5.41, 5.74) is 1.21. The van der Waals surface area contributed by atoms with Crippen LogP contribution in [0.25, 0.3) is 22.3 Å². The van der Waals surface area contributed by atoms with Crippen LogP contribution in [-0.4, -0.2) is 37.7 Å². The van der Waals surface area contributed by atoms with Crippen molar-refractivity contribution in [3.05, 3.63) is 82.3 Å². The Bertz CT molecular complexity index is 1470. The van der Waals surface area contributed by atoms with E-state index in [0.717, 1.165) is 17.7 Å². The summed E-state index contributed by atoms with van der Waals surface area (Å²) >= 11 is 0. The SMILES string of the molecule is CC(OC(=O)c1cc(-c2ccccc2)nc2c1cnn2C(C)C)C(=O)Nc1ccc(F)c([N+](=O)[O-])c1. The van der Waals surface area contributed by atoms with E-state index in [9.17, 15) is 24.1 Å². The molecule has 1 atom stereocenters. The zero-order valence-electron chi connectivity index (χ0n) is 19.6. The molecule has 4 rings (SSSR count). The number of benzene rings is 2. The third-order valence-electron chi connectivity index (χ3n) is 5.41. The van der Waals surface area contributed by atoms with Gasteiger partial charge in [-0.3, -0.25) is 14.9 Å². The summed E-state index contributed by atoms with van der Waals surface area (Å²) in [4.78, 5) is 40.5.